The number of ether oxygens (including phenoxy) is 2. The van der Waals surface area contributed by atoms with Gasteiger partial charge in [-0.3, -0.25) is 4.90 Å². The van der Waals surface area contributed by atoms with Crippen LogP contribution in [0.5, 0.6) is 0 Å². The van der Waals surface area contributed by atoms with Crippen molar-refractivity contribution < 1.29 is 32.2 Å². The minimum Gasteiger partial charge on any atom is -0.462 e. The number of benzene rings is 1. The maximum absolute atomic E-state index is 13.7. The molecule has 174 valence electrons. The molecule has 1 atom stereocenters. The summed E-state index contributed by atoms with van der Waals surface area (Å²) < 4.78 is 51.3. The molecule has 1 amide bonds. The molecular weight excluding hydrogens is 481 g/mol. The van der Waals surface area contributed by atoms with Gasteiger partial charge in [0, 0.05) is 24.1 Å². The molecule has 0 radical (unpaired) electrons. The number of rotatable bonds is 6. The second kappa shape index (κ2) is 10.2. The lowest BCUT2D eigenvalue weighted by Gasteiger charge is -2.22. The highest BCUT2D eigenvalue weighted by Gasteiger charge is 2.36. The number of nitrogens with one attached hydrogen (secondary N) is 1. The van der Waals surface area contributed by atoms with Crippen molar-refractivity contribution >= 4 is 28.0 Å². The lowest BCUT2D eigenvalue weighted by Crippen LogP contribution is -2.36. The van der Waals surface area contributed by atoms with Gasteiger partial charge in [-0.05, 0) is 64.3 Å². The van der Waals surface area contributed by atoms with Crippen LogP contribution in [0.3, 0.4) is 0 Å². The molecule has 0 aromatic heterocycles. The lowest BCUT2D eigenvalue weighted by molar-refractivity contribution is -0.138. The van der Waals surface area contributed by atoms with Crippen molar-refractivity contribution in [3.63, 3.8) is 0 Å². The fourth-order valence-corrected chi connectivity index (χ4v) is 3.96. The minimum absolute atomic E-state index is 0.0706. The Morgan fingerprint density at radius 1 is 1.26 bits per heavy atom. The van der Waals surface area contributed by atoms with E-state index in [1.54, 1.807) is 27.7 Å². The Bertz CT molecular complexity index is 809. The maximum Gasteiger partial charge on any atom is 0.416 e. The monoisotopic (exact) mass is 508 g/mol. The smallest absolute Gasteiger partial charge is 0.416 e. The van der Waals surface area contributed by atoms with Crippen LogP contribution in [0.15, 0.2) is 16.6 Å². The van der Waals surface area contributed by atoms with Gasteiger partial charge in [0.25, 0.3) is 0 Å². The molecule has 1 N–H and O–H groups in total. The number of likely N-dealkylation sites (tertiary alicyclic amines) is 1. The van der Waals surface area contributed by atoms with Crippen LogP contribution < -0.4 is 5.32 Å². The number of alkyl halides is 3. The largest absolute Gasteiger partial charge is 0.462 e. The molecule has 31 heavy (non-hydrogen) atoms. The van der Waals surface area contributed by atoms with Crippen molar-refractivity contribution in [3.05, 3.63) is 33.3 Å². The molecule has 0 saturated carbocycles. The van der Waals surface area contributed by atoms with E-state index >= 15 is 0 Å². The number of hydrogen-bond donors (Lipinski definition) is 1. The van der Waals surface area contributed by atoms with E-state index in [1.165, 1.54) is 6.07 Å². The van der Waals surface area contributed by atoms with Crippen molar-refractivity contribution in [1.29, 1.82) is 0 Å². The molecule has 1 aliphatic rings. The molecule has 2 rings (SSSR count). The van der Waals surface area contributed by atoms with Crippen LogP contribution in [0.4, 0.5) is 18.0 Å². The number of carbonyl (C=O) groups is 2. The number of alkyl carbamates (subject to hydrolysis) is 1. The molecule has 1 saturated heterocycles. The van der Waals surface area contributed by atoms with E-state index in [0.29, 0.717) is 19.6 Å². The summed E-state index contributed by atoms with van der Waals surface area (Å²) in [5, 5.41) is 2.72. The van der Waals surface area contributed by atoms with Crippen LogP contribution in [0.2, 0.25) is 0 Å². The molecule has 0 spiro atoms. The summed E-state index contributed by atoms with van der Waals surface area (Å²) in [4.78, 5) is 25.6. The van der Waals surface area contributed by atoms with Crippen LogP contribution in [0, 0.1) is 5.92 Å². The van der Waals surface area contributed by atoms with Gasteiger partial charge >= 0.3 is 18.2 Å². The van der Waals surface area contributed by atoms with E-state index in [1.807, 2.05) is 4.90 Å². The third kappa shape index (κ3) is 7.68. The van der Waals surface area contributed by atoms with E-state index in [2.05, 4.69) is 21.2 Å². The Hall–Kier alpha value is -1.81. The van der Waals surface area contributed by atoms with Gasteiger partial charge in [0.1, 0.15) is 5.60 Å². The number of nitrogens with zero attached hydrogens (tertiary/aromatic N) is 1. The maximum atomic E-state index is 13.7. The fourth-order valence-electron chi connectivity index (χ4n) is 3.37. The van der Waals surface area contributed by atoms with Crippen LogP contribution in [-0.4, -0.2) is 48.8 Å². The third-order valence-electron chi connectivity index (χ3n) is 4.70. The van der Waals surface area contributed by atoms with E-state index in [-0.39, 0.29) is 34.7 Å². The molecular formula is C21H28BrF3N2O4. The molecule has 1 aliphatic heterocycles. The highest BCUT2D eigenvalue weighted by molar-refractivity contribution is 9.10. The minimum atomic E-state index is -4.61. The van der Waals surface area contributed by atoms with Crippen LogP contribution in [-0.2, 0) is 22.2 Å². The standard InChI is InChI=1S/C21H28BrF3N2O4/c1-5-30-18(28)14-8-16(21(23,24)25)15(17(22)9-14)12-27-7-6-13(11-27)10-26-19(29)31-20(2,3)4/h8-9,13H,5-7,10-12H2,1-4H3,(H,26,29). The number of carbonyl (C=O) groups excluding carboxylic acids is 2. The molecule has 0 aliphatic carbocycles. The number of halogens is 4. The first-order valence-corrected chi connectivity index (χ1v) is 10.9. The van der Waals surface area contributed by atoms with Gasteiger partial charge in [0.05, 0.1) is 17.7 Å². The molecule has 6 nitrogen and oxygen atoms in total. The first-order chi connectivity index (χ1) is 14.3. The van der Waals surface area contributed by atoms with Gasteiger partial charge in [-0.25, -0.2) is 9.59 Å². The number of amides is 1. The lowest BCUT2D eigenvalue weighted by atomic mass is 10.0. The van der Waals surface area contributed by atoms with Gasteiger partial charge in [-0.15, -0.1) is 0 Å². The van der Waals surface area contributed by atoms with Gasteiger partial charge in [-0.2, -0.15) is 13.2 Å². The van der Waals surface area contributed by atoms with Crippen molar-refractivity contribution in [3.8, 4) is 0 Å². The average Bonchev–Trinajstić information content (AvgIpc) is 3.07. The third-order valence-corrected chi connectivity index (χ3v) is 5.41. The van der Waals surface area contributed by atoms with E-state index in [0.717, 1.165) is 12.5 Å². The molecule has 1 unspecified atom stereocenters. The fraction of sp³-hybridized carbons (Fsp3) is 0.619. The Balaban J connectivity index is 2.07. The van der Waals surface area contributed by atoms with E-state index in [4.69, 9.17) is 9.47 Å². The second-order valence-electron chi connectivity index (χ2n) is 8.48. The normalized spacial score (nSPS) is 17.5. The van der Waals surface area contributed by atoms with Gasteiger partial charge < -0.3 is 14.8 Å². The van der Waals surface area contributed by atoms with E-state index in [9.17, 15) is 22.8 Å². The summed E-state index contributed by atoms with van der Waals surface area (Å²) in [6.07, 6.45) is -4.38. The van der Waals surface area contributed by atoms with Gasteiger partial charge in [0.2, 0.25) is 0 Å². The summed E-state index contributed by atoms with van der Waals surface area (Å²) >= 11 is 3.20. The zero-order valence-corrected chi connectivity index (χ0v) is 19.7. The average molecular weight is 509 g/mol. The van der Waals surface area contributed by atoms with Gasteiger partial charge in [0.15, 0.2) is 0 Å². The molecule has 1 fully saturated rings. The number of hydrogen-bond acceptors (Lipinski definition) is 5. The highest BCUT2D eigenvalue weighted by atomic mass is 79.9. The first-order valence-electron chi connectivity index (χ1n) is 10.1. The van der Waals surface area contributed by atoms with Crippen molar-refractivity contribution in [2.75, 3.05) is 26.2 Å². The highest BCUT2D eigenvalue weighted by Crippen LogP contribution is 2.37. The van der Waals surface area contributed by atoms with Crippen molar-refractivity contribution in [2.24, 2.45) is 5.92 Å². The Morgan fingerprint density at radius 2 is 1.94 bits per heavy atom. The Kier molecular flexibility index (Phi) is 8.38. The summed E-state index contributed by atoms with van der Waals surface area (Å²) in [5.41, 5.74) is -1.53. The molecule has 10 heteroatoms. The van der Waals surface area contributed by atoms with Crippen LogP contribution in [0.1, 0.15) is 55.6 Å². The van der Waals surface area contributed by atoms with Crippen LogP contribution in [0.25, 0.3) is 0 Å². The summed E-state index contributed by atoms with van der Waals surface area (Å²) in [5.74, 6) is -0.686. The zero-order chi connectivity index (χ0) is 23.4. The summed E-state index contributed by atoms with van der Waals surface area (Å²) in [6, 6.07) is 2.20. The summed E-state index contributed by atoms with van der Waals surface area (Å²) in [7, 11) is 0. The van der Waals surface area contributed by atoms with Crippen molar-refractivity contribution in [2.45, 2.75) is 52.4 Å². The predicted octanol–water partition coefficient (Wildman–Crippen LogP) is 4.99. The molecule has 0 bridgehead atoms. The summed E-state index contributed by atoms with van der Waals surface area (Å²) in [6.45, 7) is 8.58. The van der Waals surface area contributed by atoms with E-state index < -0.39 is 29.4 Å². The molecule has 1 aromatic rings. The SMILES string of the molecule is CCOC(=O)c1cc(Br)c(CN2CCC(CNC(=O)OC(C)(C)C)C2)c(C(F)(F)F)c1. The van der Waals surface area contributed by atoms with Gasteiger partial charge in [-0.1, -0.05) is 15.9 Å². The Morgan fingerprint density at radius 3 is 2.52 bits per heavy atom. The Labute approximate surface area is 188 Å². The van der Waals surface area contributed by atoms with Crippen molar-refractivity contribution in [1.82, 2.24) is 10.2 Å². The first kappa shape index (κ1) is 25.5. The number of esters is 1. The molecule has 1 aromatic carbocycles. The predicted molar refractivity (Wildman–Crippen MR) is 113 cm³/mol. The van der Waals surface area contributed by atoms with Crippen LogP contribution >= 0.6 is 15.9 Å². The zero-order valence-electron chi connectivity index (χ0n) is 18.1. The second-order valence-corrected chi connectivity index (χ2v) is 9.33. The molecule has 1 heterocycles. The quantitative estimate of drug-likeness (QED) is 0.548. The topological polar surface area (TPSA) is 67.9 Å².